The lowest BCUT2D eigenvalue weighted by molar-refractivity contribution is -0.385. The number of rotatable bonds is 5. The van der Waals surface area contributed by atoms with Crippen LogP contribution in [0.25, 0.3) is 10.9 Å². The molecule has 158 valence electrons. The lowest BCUT2D eigenvalue weighted by atomic mass is 10.0. The Morgan fingerprint density at radius 2 is 1.90 bits per heavy atom. The molecule has 1 atom stereocenters. The van der Waals surface area contributed by atoms with Gasteiger partial charge in [0.2, 0.25) is 0 Å². The number of aromatic hydroxyl groups is 1. The van der Waals surface area contributed by atoms with Gasteiger partial charge in [0.05, 0.1) is 29.2 Å². The first-order valence-corrected chi connectivity index (χ1v) is 8.68. The van der Waals surface area contributed by atoms with E-state index >= 15 is 0 Å². The van der Waals surface area contributed by atoms with Gasteiger partial charge in [-0.2, -0.15) is 13.2 Å². The van der Waals surface area contributed by atoms with E-state index in [2.05, 4.69) is 15.3 Å². The average molecular weight is 422 g/mol. The first kappa shape index (κ1) is 21.1. The van der Waals surface area contributed by atoms with Crippen LogP contribution in [0.2, 0.25) is 0 Å². The number of ether oxygens (including phenoxy) is 1. The zero-order valence-electron chi connectivity index (χ0n) is 16.1. The number of fused-ring (bicyclic) bond motifs is 1. The molecule has 2 N–H and O–H groups in total. The van der Waals surface area contributed by atoms with Gasteiger partial charge < -0.3 is 15.2 Å². The molecule has 11 heteroatoms. The van der Waals surface area contributed by atoms with E-state index in [1.165, 1.54) is 19.2 Å². The number of nitrogens with one attached hydrogen (secondary N) is 1. The van der Waals surface area contributed by atoms with Crippen molar-refractivity contribution in [3.05, 3.63) is 57.4 Å². The molecular weight excluding hydrogens is 405 g/mol. The molecule has 3 rings (SSSR count). The number of hydrogen-bond acceptors (Lipinski definition) is 7. The van der Waals surface area contributed by atoms with Gasteiger partial charge in [0.15, 0.2) is 11.5 Å². The van der Waals surface area contributed by atoms with Crippen molar-refractivity contribution in [2.24, 2.45) is 0 Å². The van der Waals surface area contributed by atoms with Crippen LogP contribution >= 0.6 is 0 Å². The van der Waals surface area contributed by atoms with Gasteiger partial charge in [0.1, 0.15) is 11.6 Å². The number of phenolic OH excluding ortho intramolecular Hbond substituents is 1. The quantitative estimate of drug-likeness (QED) is 0.451. The van der Waals surface area contributed by atoms with Crippen molar-refractivity contribution in [3.63, 3.8) is 0 Å². The van der Waals surface area contributed by atoms with Crippen molar-refractivity contribution in [2.75, 3.05) is 12.4 Å². The SMILES string of the molecule is COc1cc2nc(C)nc(NC(C)c3cc([N+](=O)[O-])cc(C(F)(F)F)c3)c2cc1O. The summed E-state index contributed by atoms with van der Waals surface area (Å²) in [6.07, 6.45) is -4.74. The molecule has 1 unspecified atom stereocenters. The molecule has 0 aliphatic carbocycles. The fourth-order valence-corrected chi connectivity index (χ4v) is 2.98. The van der Waals surface area contributed by atoms with Crippen LogP contribution in [0.15, 0.2) is 30.3 Å². The summed E-state index contributed by atoms with van der Waals surface area (Å²) in [4.78, 5) is 18.7. The third-order valence-corrected chi connectivity index (χ3v) is 4.44. The number of nitrogens with zero attached hydrogens (tertiary/aromatic N) is 3. The summed E-state index contributed by atoms with van der Waals surface area (Å²) in [6.45, 7) is 3.18. The van der Waals surface area contributed by atoms with Crippen LogP contribution in [0.5, 0.6) is 11.5 Å². The molecule has 1 heterocycles. The van der Waals surface area contributed by atoms with E-state index < -0.39 is 28.4 Å². The normalized spacial score (nSPS) is 12.6. The topological polar surface area (TPSA) is 110 Å². The van der Waals surface area contributed by atoms with Gasteiger partial charge in [0, 0.05) is 23.6 Å². The van der Waals surface area contributed by atoms with Crippen LogP contribution in [-0.4, -0.2) is 27.1 Å². The number of aromatic nitrogens is 2. The maximum absolute atomic E-state index is 13.2. The number of nitro benzene ring substituents is 1. The molecule has 0 spiro atoms. The number of methoxy groups -OCH3 is 1. The van der Waals surface area contributed by atoms with Gasteiger partial charge in [-0.05, 0) is 31.5 Å². The van der Waals surface area contributed by atoms with Crippen LogP contribution in [0, 0.1) is 17.0 Å². The number of aryl methyl sites for hydroxylation is 1. The molecule has 3 aromatic rings. The Balaban J connectivity index is 2.07. The molecular formula is C19H17F3N4O4. The number of alkyl halides is 3. The molecule has 0 aliphatic rings. The lowest BCUT2D eigenvalue weighted by Crippen LogP contribution is -2.12. The van der Waals surface area contributed by atoms with Gasteiger partial charge >= 0.3 is 6.18 Å². The maximum Gasteiger partial charge on any atom is 0.416 e. The Morgan fingerprint density at radius 1 is 1.20 bits per heavy atom. The van der Waals surface area contributed by atoms with Crippen LogP contribution in [0.3, 0.4) is 0 Å². The number of anilines is 1. The van der Waals surface area contributed by atoms with Crippen LogP contribution in [0.1, 0.15) is 29.9 Å². The van der Waals surface area contributed by atoms with Crippen LogP contribution in [0.4, 0.5) is 24.7 Å². The molecule has 0 saturated carbocycles. The summed E-state index contributed by atoms with van der Waals surface area (Å²) in [5.41, 5.74) is -1.29. The van der Waals surface area contributed by atoms with Crippen LogP contribution in [-0.2, 0) is 6.18 Å². The zero-order valence-corrected chi connectivity index (χ0v) is 16.1. The molecule has 30 heavy (non-hydrogen) atoms. The number of non-ortho nitro benzene ring substituents is 1. The fourth-order valence-electron chi connectivity index (χ4n) is 2.98. The van der Waals surface area contributed by atoms with Gasteiger partial charge in [0.25, 0.3) is 5.69 Å². The van der Waals surface area contributed by atoms with Gasteiger partial charge in [-0.15, -0.1) is 0 Å². The molecule has 0 bridgehead atoms. The summed E-state index contributed by atoms with van der Waals surface area (Å²) >= 11 is 0. The molecule has 0 radical (unpaired) electrons. The minimum Gasteiger partial charge on any atom is -0.504 e. The van der Waals surface area contributed by atoms with E-state index in [0.29, 0.717) is 22.8 Å². The number of benzene rings is 2. The first-order chi connectivity index (χ1) is 14.0. The third-order valence-electron chi connectivity index (χ3n) is 4.44. The number of phenols is 1. The van der Waals surface area contributed by atoms with E-state index in [9.17, 15) is 28.4 Å². The highest BCUT2D eigenvalue weighted by Gasteiger charge is 2.33. The molecule has 0 fully saturated rings. The van der Waals surface area contributed by atoms with Crippen molar-refractivity contribution < 1.29 is 27.9 Å². The molecule has 0 amide bonds. The van der Waals surface area contributed by atoms with Crippen molar-refractivity contribution in [2.45, 2.75) is 26.1 Å². The Bertz CT molecular complexity index is 1130. The Hall–Kier alpha value is -3.63. The summed E-state index contributed by atoms with van der Waals surface area (Å²) < 4.78 is 44.6. The maximum atomic E-state index is 13.2. The first-order valence-electron chi connectivity index (χ1n) is 8.68. The highest BCUT2D eigenvalue weighted by atomic mass is 19.4. The third kappa shape index (κ3) is 4.19. The molecule has 2 aromatic carbocycles. The summed E-state index contributed by atoms with van der Waals surface area (Å²) in [6, 6.07) is 4.52. The average Bonchev–Trinajstić information content (AvgIpc) is 2.66. The smallest absolute Gasteiger partial charge is 0.416 e. The van der Waals surface area contributed by atoms with Crippen LogP contribution < -0.4 is 10.1 Å². The van der Waals surface area contributed by atoms with Gasteiger partial charge in [-0.3, -0.25) is 10.1 Å². The van der Waals surface area contributed by atoms with Crippen molar-refractivity contribution in [1.82, 2.24) is 9.97 Å². The Kier molecular flexibility index (Phi) is 5.38. The second kappa shape index (κ2) is 7.65. The van der Waals surface area contributed by atoms with Crippen molar-refractivity contribution in [3.8, 4) is 11.5 Å². The highest BCUT2D eigenvalue weighted by molar-refractivity contribution is 5.91. The molecule has 8 nitrogen and oxygen atoms in total. The van der Waals surface area contributed by atoms with E-state index in [0.717, 1.165) is 12.1 Å². The summed E-state index contributed by atoms with van der Waals surface area (Å²) in [5.74, 6) is 0.666. The van der Waals surface area contributed by atoms with Crippen molar-refractivity contribution in [1.29, 1.82) is 0 Å². The fraction of sp³-hybridized carbons (Fsp3) is 0.263. The van der Waals surface area contributed by atoms with E-state index in [-0.39, 0.29) is 22.9 Å². The minimum absolute atomic E-state index is 0.0543. The summed E-state index contributed by atoms with van der Waals surface area (Å²) in [5, 5.41) is 24.5. The second-order valence-electron chi connectivity index (χ2n) is 6.59. The second-order valence-corrected chi connectivity index (χ2v) is 6.59. The monoisotopic (exact) mass is 422 g/mol. The standard InChI is InChI=1S/C19H17F3N4O4/c1-9(11-4-12(19(20,21)22)6-13(5-11)26(28)29)23-18-14-7-16(27)17(30-3)8-15(14)24-10(2)25-18/h4-9,27H,1-3H3,(H,23,24,25). The predicted octanol–water partition coefficient (Wildman–Crippen LogP) is 4.75. The number of halogens is 3. The van der Waals surface area contributed by atoms with Crippen molar-refractivity contribution >= 4 is 22.4 Å². The molecule has 0 saturated heterocycles. The lowest BCUT2D eigenvalue weighted by Gasteiger charge is -2.18. The summed E-state index contributed by atoms with van der Waals surface area (Å²) in [7, 11) is 1.39. The molecule has 1 aromatic heterocycles. The Morgan fingerprint density at radius 3 is 2.50 bits per heavy atom. The highest BCUT2D eigenvalue weighted by Crippen LogP contribution is 2.36. The number of nitro groups is 1. The van der Waals surface area contributed by atoms with E-state index in [1.807, 2.05) is 0 Å². The predicted molar refractivity (Wildman–Crippen MR) is 103 cm³/mol. The zero-order chi connectivity index (χ0) is 22.2. The number of hydrogen-bond donors (Lipinski definition) is 2. The largest absolute Gasteiger partial charge is 0.504 e. The van der Waals surface area contributed by atoms with E-state index in [4.69, 9.17) is 4.74 Å². The molecule has 0 aliphatic heterocycles. The van der Waals surface area contributed by atoms with Gasteiger partial charge in [-0.25, -0.2) is 9.97 Å². The minimum atomic E-state index is -4.74. The van der Waals surface area contributed by atoms with E-state index in [1.54, 1.807) is 13.8 Å². The van der Waals surface area contributed by atoms with Gasteiger partial charge in [-0.1, -0.05) is 0 Å². The Labute approximate surface area is 168 Å².